The van der Waals surface area contributed by atoms with E-state index in [1.807, 2.05) is 24.4 Å². The Morgan fingerprint density at radius 1 is 1.21 bits per heavy atom. The fraction of sp³-hybridized carbons (Fsp3) is 0.143. The summed E-state index contributed by atoms with van der Waals surface area (Å²) in [5.41, 5.74) is 0.458. The maximum Gasteiger partial charge on any atom is 0.335 e. The molecule has 2 N–H and O–H groups in total. The van der Waals surface area contributed by atoms with Crippen LogP contribution in [-0.4, -0.2) is 17.0 Å². The Labute approximate surface area is 114 Å². The van der Waals surface area contributed by atoms with Gasteiger partial charge in [0, 0.05) is 10.4 Å². The van der Waals surface area contributed by atoms with Crippen LogP contribution in [-0.2, 0) is 0 Å². The lowest BCUT2D eigenvalue weighted by Crippen LogP contribution is -2.26. The van der Waals surface area contributed by atoms with E-state index in [1.54, 1.807) is 23.5 Å². The van der Waals surface area contributed by atoms with Crippen molar-refractivity contribution in [2.24, 2.45) is 0 Å². The molecule has 1 amide bonds. The van der Waals surface area contributed by atoms with Gasteiger partial charge in [0.05, 0.1) is 11.6 Å². The molecule has 0 saturated carbocycles. The van der Waals surface area contributed by atoms with Crippen molar-refractivity contribution in [3.05, 3.63) is 57.8 Å². The Morgan fingerprint density at radius 2 is 1.95 bits per heavy atom. The highest BCUT2D eigenvalue weighted by atomic mass is 32.1. The molecule has 5 heteroatoms. The quantitative estimate of drug-likeness (QED) is 0.901. The standard InChI is InChI=1S/C14H13NO3S/c1-9(12-6-3-7-19-12)15-13(16)10-4-2-5-11(8-10)14(17)18/h2-9H,1H3,(H,15,16)(H,17,18)/t9-/m0/s1. The first-order valence-electron chi connectivity index (χ1n) is 5.75. The number of carboxylic acids is 1. The second-order valence-electron chi connectivity index (χ2n) is 4.10. The molecule has 2 aromatic rings. The number of rotatable bonds is 4. The van der Waals surface area contributed by atoms with Crippen LogP contribution in [0.15, 0.2) is 41.8 Å². The minimum Gasteiger partial charge on any atom is -0.478 e. The van der Waals surface area contributed by atoms with Gasteiger partial charge in [-0.25, -0.2) is 4.79 Å². The zero-order valence-electron chi connectivity index (χ0n) is 10.3. The van der Waals surface area contributed by atoms with Crippen molar-refractivity contribution in [2.45, 2.75) is 13.0 Å². The van der Waals surface area contributed by atoms with Crippen molar-refractivity contribution < 1.29 is 14.7 Å². The predicted octanol–water partition coefficient (Wildman–Crippen LogP) is 2.94. The molecule has 98 valence electrons. The van der Waals surface area contributed by atoms with Crippen LogP contribution in [0, 0.1) is 0 Å². The van der Waals surface area contributed by atoms with Gasteiger partial charge in [0.2, 0.25) is 0 Å². The van der Waals surface area contributed by atoms with Crippen LogP contribution in [0.1, 0.15) is 38.6 Å². The fourth-order valence-electron chi connectivity index (χ4n) is 1.68. The Bertz CT molecular complexity index is 592. The molecule has 0 bridgehead atoms. The molecular formula is C14H13NO3S. The molecule has 19 heavy (non-hydrogen) atoms. The molecule has 1 aromatic heterocycles. The smallest absolute Gasteiger partial charge is 0.335 e. The first-order chi connectivity index (χ1) is 9.08. The number of aromatic carboxylic acids is 1. The minimum atomic E-state index is -1.04. The van der Waals surface area contributed by atoms with E-state index in [1.165, 1.54) is 12.1 Å². The van der Waals surface area contributed by atoms with E-state index >= 15 is 0 Å². The SMILES string of the molecule is C[C@H](NC(=O)c1cccc(C(=O)O)c1)c1cccs1. The summed E-state index contributed by atoms with van der Waals surface area (Å²) in [6.45, 7) is 1.89. The summed E-state index contributed by atoms with van der Waals surface area (Å²) in [5, 5.41) is 13.7. The number of amides is 1. The molecule has 0 spiro atoms. The van der Waals surface area contributed by atoms with E-state index in [9.17, 15) is 9.59 Å². The van der Waals surface area contributed by atoms with E-state index in [0.717, 1.165) is 4.88 Å². The van der Waals surface area contributed by atoms with Crippen molar-refractivity contribution in [3.8, 4) is 0 Å². The number of carbonyl (C=O) groups is 2. The topological polar surface area (TPSA) is 66.4 Å². The molecule has 0 aliphatic heterocycles. The summed E-state index contributed by atoms with van der Waals surface area (Å²) < 4.78 is 0. The maximum absolute atomic E-state index is 12.0. The zero-order valence-corrected chi connectivity index (χ0v) is 11.1. The Morgan fingerprint density at radius 3 is 2.58 bits per heavy atom. The Hall–Kier alpha value is -2.14. The predicted molar refractivity (Wildman–Crippen MR) is 73.6 cm³/mol. The third kappa shape index (κ3) is 3.20. The van der Waals surface area contributed by atoms with Gasteiger partial charge in [0.15, 0.2) is 0 Å². The molecule has 0 aliphatic rings. The Balaban J connectivity index is 2.12. The number of carboxylic acid groups (broad SMARTS) is 1. The summed E-state index contributed by atoms with van der Waals surface area (Å²) in [7, 11) is 0. The minimum absolute atomic E-state index is 0.0963. The van der Waals surface area contributed by atoms with Gasteiger partial charge in [-0.1, -0.05) is 12.1 Å². The lowest BCUT2D eigenvalue weighted by atomic mass is 10.1. The molecule has 2 rings (SSSR count). The van der Waals surface area contributed by atoms with E-state index in [2.05, 4.69) is 5.32 Å². The van der Waals surface area contributed by atoms with Crippen molar-refractivity contribution in [1.82, 2.24) is 5.32 Å². The van der Waals surface area contributed by atoms with Gasteiger partial charge in [0.25, 0.3) is 5.91 Å². The number of benzene rings is 1. The number of nitrogens with one attached hydrogen (secondary N) is 1. The van der Waals surface area contributed by atoms with Gasteiger partial charge in [-0.15, -0.1) is 11.3 Å². The van der Waals surface area contributed by atoms with Crippen LogP contribution < -0.4 is 5.32 Å². The zero-order chi connectivity index (χ0) is 13.8. The van der Waals surface area contributed by atoms with Gasteiger partial charge < -0.3 is 10.4 Å². The average Bonchev–Trinajstić information content (AvgIpc) is 2.92. The lowest BCUT2D eigenvalue weighted by molar-refractivity contribution is 0.0697. The lowest BCUT2D eigenvalue weighted by Gasteiger charge is -2.12. The first-order valence-corrected chi connectivity index (χ1v) is 6.63. The van der Waals surface area contributed by atoms with Crippen molar-refractivity contribution >= 4 is 23.2 Å². The molecule has 0 saturated heterocycles. The van der Waals surface area contributed by atoms with Crippen molar-refractivity contribution in [1.29, 1.82) is 0 Å². The largest absolute Gasteiger partial charge is 0.478 e. The second kappa shape index (κ2) is 5.67. The highest BCUT2D eigenvalue weighted by Gasteiger charge is 2.13. The van der Waals surface area contributed by atoms with Crippen molar-refractivity contribution in [3.63, 3.8) is 0 Å². The third-order valence-electron chi connectivity index (χ3n) is 2.69. The van der Waals surface area contributed by atoms with Gasteiger partial charge in [-0.3, -0.25) is 4.79 Å². The maximum atomic E-state index is 12.0. The van der Waals surface area contributed by atoms with Crippen LogP contribution in [0.3, 0.4) is 0 Å². The summed E-state index contributed by atoms with van der Waals surface area (Å²) in [4.78, 5) is 23.9. The average molecular weight is 275 g/mol. The molecule has 1 heterocycles. The number of carbonyl (C=O) groups excluding carboxylic acids is 1. The normalized spacial score (nSPS) is 11.8. The van der Waals surface area contributed by atoms with Crippen molar-refractivity contribution in [2.75, 3.05) is 0 Å². The Kier molecular flexibility index (Phi) is 3.97. The van der Waals surface area contributed by atoms with E-state index in [0.29, 0.717) is 5.56 Å². The molecule has 1 aromatic carbocycles. The van der Waals surface area contributed by atoms with E-state index in [-0.39, 0.29) is 17.5 Å². The molecule has 0 aliphatic carbocycles. The summed E-state index contributed by atoms with van der Waals surface area (Å²) in [6, 6.07) is 9.77. The monoisotopic (exact) mass is 275 g/mol. The highest BCUT2D eigenvalue weighted by molar-refractivity contribution is 7.10. The number of thiophene rings is 1. The van der Waals surface area contributed by atoms with Gasteiger partial charge >= 0.3 is 5.97 Å². The number of hydrogen-bond acceptors (Lipinski definition) is 3. The molecular weight excluding hydrogens is 262 g/mol. The van der Waals surface area contributed by atoms with Gasteiger partial charge in [-0.05, 0) is 36.6 Å². The van der Waals surface area contributed by atoms with Crippen LogP contribution in [0.4, 0.5) is 0 Å². The third-order valence-corrected chi connectivity index (χ3v) is 3.74. The molecule has 1 atom stereocenters. The molecule has 0 fully saturated rings. The van der Waals surface area contributed by atoms with E-state index in [4.69, 9.17) is 5.11 Å². The summed E-state index contributed by atoms with van der Waals surface area (Å²) in [5.74, 6) is -1.31. The molecule has 0 unspecified atom stereocenters. The van der Waals surface area contributed by atoms with Crippen LogP contribution in [0.5, 0.6) is 0 Å². The summed E-state index contributed by atoms with van der Waals surface area (Å²) in [6.07, 6.45) is 0. The summed E-state index contributed by atoms with van der Waals surface area (Å²) >= 11 is 1.57. The highest BCUT2D eigenvalue weighted by Crippen LogP contribution is 2.18. The van der Waals surface area contributed by atoms with Crippen LogP contribution in [0.25, 0.3) is 0 Å². The number of hydrogen-bond donors (Lipinski definition) is 2. The van der Waals surface area contributed by atoms with Crippen LogP contribution in [0.2, 0.25) is 0 Å². The van der Waals surface area contributed by atoms with E-state index < -0.39 is 5.97 Å². The molecule has 4 nitrogen and oxygen atoms in total. The fourth-order valence-corrected chi connectivity index (χ4v) is 2.42. The van der Waals surface area contributed by atoms with Crippen LogP contribution >= 0.6 is 11.3 Å². The second-order valence-corrected chi connectivity index (χ2v) is 5.08. The van der Waals surface area contributed by atoms with Gasteiger partial charge in [-0.2, -0.15) is 0 Å². The van der Waals surface area contributed by atoms with Gasteiger partial charge in [0.1, 0.15) is 0 Å². The molecule has 0 radical (unpaired) electrons. The first kappa shape index (κ1) is 13.3.